The van der Waals surface area contributed by atoms with Gasteiger partial charge < -0.3 is 10.0 Å². The number of carbonyl (C=O) groups excluding carboxylic acids is 1. The minimum atomic E-state index is -0.848. The lowest BCUT2D eigenvalue weighted by Gasteiger charge is -2.33. The molecule has 0 spiro atoms. The van der Waals surface area contributed by atoms with E-state index in [1.165, 1.54) is 4.70 Å². The van der Waals surface area contributed by atoms with E-state index in [1.807, 2.05) is 18.2 Å². The number of carbonyl (C=O) groups is 2. The molecule has 6 heteroatoms. The number of amides is 1. The molecule has 2 heterocycles. The maximum absolute atomic E-state index is 12.8. The SMILES string of the molecule is O=C(O)C1CC2CCCCC2N1C(=O)CCCc1nc2ccccc2s1. The van der Waals surface area contributed by atoms with Gasteiger partial charge in [-0.15, -0.1) is 11.3 Å². The van der Waals surface area contributed by atoms with Gasteiger partial charge >= 0.3 is 5.97 Å². The van der Waals surface area contributed by atoms with Crippen molar-refractivity contribution in [1.82, 2.24) is 9.88 Å². The third kappa shape index (κ3) is 3.34. The van der Waals surface area contributed by atoms with Gasteiger partial charge in [-0.2, -0.15) is 0 Å². The summed E-state index contributed by atoms with van der Waals surface area (Å²) in [6.45, 7) is 0. The molecule has 1 saturated carbocycles. The van der Waals surface area contributed by atoms with Gasteiger partial charge in [-0.3, -0.25) is 4.79 Å². The van der Waals surface area contributed by atoms with Crippen molar-refractivity contribution < 1.29 is 14.7 Å². The van der Waals surface area contributed by atoms with Gasteiger partial charge in [0.05, 0.1) is 15.2 Å². The normalized spacial score (nSPS) is 25.4. The lowest BCUT2D eigenvalue weighted by Crippen LogP contribution is -2.46. The molecule has 138 valence electrons. The van der Waals surface area contributed by atoms with Crippen LogP contribution in [0, 0.1) is 5.92 Å². The summed E-state index contributed by atoms with van der Waals surface area (Å²) in [5.41, 5.74) is 1.01. The molecule has 1 aliphatic carbocycles. The van der Waals surface area contributed by atoms with Crippen LogP contribution in [0.25, 0.3) is 10.2 Å². The molecule has 26 heavy (non-hydrogen) atoms. The second-order valence-electron chi connectivity index (χ2n) is 7.43. The second-order valence-corrected chi connectivity index (χ2v) is 8.55. The summed E-state index contributed by atoms with van der Waals surface area (Å²) in [5.74, 6) is -0.468. The zero-order valence-electron chi connectivity index (χ0n) is 14.8. The zero-order valence-corrected chi connectivity index (χ0v) is 15.6. The number of hydrogen-bond donors (Lipinski definition) is 1. The number of carboxylic acids is 1. The van der Waals surface area contributed by atoms with Crippen LogP contribution in [0.1, 0.15) is 50.0 Å². The van der Waals surface area contributed by atoms with E-state index < -0.39 is 12.0 Å². The number of nitrogens with zero attached hydrogens (tertiary/aromatic N) is 2. The highest BCUT2D eigenvalue weighted by Crippen LogP contribution is 2.40. The Hall–Kier alpha value is -1.95. The lowest BCUT2D eigenvalue weighted by molar-refractivity contribution is -0.149. The van der Waals surface area contributed by atoms with Gasteiger partial charge in [-0.05, 0) is 50.2 Å². The molecule has 5 nitrogen and oxygen atoms in total. The molecule has 2 aromatic rings. The van der Waals surface area contributed by atoms with Crippen LogP contribution < -0.4 is 0 Å². The number of aliphatic carboxylic acids is 1. The Bertz CT molecular complexity index is 785. The van der Waals surface area contributed by atoms with Gasteiger partial charge in [-0.1, -0.05) is 25.0 Å². The number of hydrogen-bond acceptors (Lipinski definition) is 4. The highest BCUT2D eigenvalue weighted by atomic mass is 32.1. The van der Waals surface area contributed by atoms with Crippen molar-refractivity contribution in [2.45, 2.75) is 63.5 Å². The maximum atomic E-state index is 12.8. The van der Waals surface area contributed by atoms with Crippen molar-refractivity contribution in [2.75, 3.05) is 0 Å². The van der Waals surface area contributed by atoms with Crippen LogP contribution in [0.5, 0.6) is 0 Å². The van der Waals surface area contributed by atoms with Crippen LogP contribution in [0.4, 0.5) is 0 Å². The van der Waals surface area contributed by atoms with Gasteiger partial charge in [0.15, 0.2) is 0 Å². The number of fused-ring (bicyclic) bond motifs is 2. The number of aryl methyl sites for hydroxylation is 1. The van der Waals surface area contributed by atoms with Crippen LogP contribution in [-0.4, -0.2) is 39.0 Å². The van der Waals surface area contributed by atoms with Gasteiger partial charge in [0.2, 0.25) is 5.91 Å². The number of para-hydroxylation sites is 1. The van der Waals surface area contributed by atoms with Crippen molar-refractivity contribution in [3.8, 4) is 0 Å². The number of rotatable bonds is 5. The van der Waals surface area contributed by atoms with Crippen LogP contribution in [0.2, 0.25) is 0 Å². The van der Waals surface area contributed by atoms with Crippen molar-refractivity contribution in [2.24, 2.45) is 5.92 Å². The highest BCUT2D eigenvalue weighted by molar-refractivity contribution is 7.18. The van der Waals surface area contributed by atoms with E-state index in [2.05, 4.69) is 11.1 Å². The molecule has 2 aliphatic rings. The molecule has 1 aromatic heterocycles. The number of benzene rings is 1. The molecule has 0 bridgehead atoms. The monoisotopic (exact) mass is 372 g/mol. The van der Waals surface area contributed by atoms with E-state index >= 15 is 0 Å². The third-order valence-electron chi connectivity index (χ3n) is 5.78. The first-order valence-corrected chi connectivity index (χ1v) is 10.3. The molecular formula is C20H24N2O3S. The molecule has 3 unspecified atom stereocenters. The Morgan fingerprint density at radius 2 is 2.04 bits per heavy atom. The summed E-state index contributed by atoms with van der Waals surface area (Å²) in [7, 11) is 0. The summed E-state index contributed by atoms with van der Waals surface area (Å²) < 4.78 is 1.17. The summed E-state index contributed by atoms with van der Waals surface area (Å²) in [6, 6.07) is 7.57. The van der Waals surface area contributed by atoms with Gasteiger partial charge in [0.25, 0.3) is 0 Å². The molecule has 1 aromatic carbocycles. The largest absolute Gasteiger partial charge is 0.480 e. The smallest absolute Gasteiger partial charge is 0.326 e. The third-order valence-corrected chi connectivity index (χ3v) is 6.88. The first-order chi connectivity index (χ1) is 12.6. The van der Waals surface area contributed by atoms with E-state index in [0.29, 0.717) is 18.8 Å². The Morgan fingerprint density at radius 3 is 2.85 bits per heavy atom. The second kappa shape index (κ2) is 7.35. The van der Waals surface area contributed by atoms with Crippen molar-refractivity contribution in [3.05, 3.63) is 29.3 Å². The molecule has 3 atom stereocenters. The molecule has 1 amide bonds. The number of aromatic nitrogens is 1. The molecule has 2 fully saturated rings. The minimum absolute atomic E-state index is 0.00733. The zero-order chi connectivity index (χ0) is 18.1. The van der Waals surface area contributed by atoms with Crippen molar-refractivity contribution in [3.63, 3.8) is 0 Å². The number of thiazole rings is 1. The van der Waals surface area contributed by atoms with E-state index in [1.54, 1.807) is 16.2 Å². The van der Waals surface area contributed by atoms with Gasteiger partial charge in [0, 0.05) is 12.5 Å². The summed E-state index contributed by atoms with van der Waals surface area (Å²) in [5, 5.41) is 10.6. The van der Waals surface area contributed by atoms with Crippen LogP contribution >= 0.6 is 11.3 Å². The fraction of sp³-hybridized carbons (Fsp3) is 0.550. The molecular weight excluding hydrogens is 348 g/mol. The lowest BCUT2D eigenvalue weighted by atomic mass is 9.84. The van der Waals surface area contributed by atoms with Crippen LogP contribution in [0.3, 0.4) is 0 Å². The fourth-order valence-electron chi connectivity index (χ4n) is 4.59. The van der Waals surface area contributed by atoms with E-state index in [-0.39, 0.29) is 11.9 Å². The Balaban J connectivity index is 1.39. The highest BCUT2D eigenvalue weighted by Gasteiger charge is 2.47. The molecule has 4 rings (SSSR count). The Labute approximate surface area is 157 Å². The fourth-order valence-corrected chi connectivity index (χ4v) is 5.60. The first-order valence-electron chi connectivity index (χ1n) is 9.52. The average Bonchev–Trinajstić information content (AvgIpc) is 3.22. The van der Waals surface area contributed by atoms with E-state index in [4.69, 9.17) is 0 Å². The number of carboxylic acid groups (broad SMARTS) is 1. The Kier molecular flexibility index (Phi) is 4.94. The van der Waals surface area contributed by atoms with E-state index in [9.17, 15) is 14.7 Å². The van der Waals surface area contributed by atoms with Crippen molar-refractivity contribution in [1.29, 1.82) is 0 Å². The Morgan fingerprint density at radius 1 is 1.23 bits per heavy atom. The predicted octanol–water partition coefficient (Wildman–Crippen LogP) is 3.86. The summed E-state index contributed by atoms with van der Waals surface area (Å²) in [6.07, 6.45) is 6.80. The maximum Gasteiger partial charge on any atom is 0.326 e. The van der Waals surface area contributed by atoms with Crippen LogP contribution in [-0.2, 0) is 16.0 Å². The topological polar surface area (TPSA) is 70.5 Å². The average molecular weight is 372 g/mol. The summed E-state index contributed by atoms with van der Waals surface area (Å²) in [4.78, 5) is 30.8. The molecule has 0 radical (unpaired) electrons. The number of likely N-dealkylation sites (tertiary alicyclic amines) is 1. The molecule has 1 aliphatic heterocycles. The predicted molar refractivity (Wildman–Crippen MR) is 101 cm³/mol. The quantitative estimate of drug-likeness (QED) is 0.865. The first kappa shape index (κ1) is 17.5. The van der Waals surface area contributed by atoms with Gasteiger partial charge in [-0.25, -0.2) is 9.78 Å². The van der Waals surface area contributed by atoms with Crippen LogP contribution in [0.15, 0.2) is 24.3 Å². The van der Waals surface area contributed by atoms with Gasteiger partial charge in [0.1, 0.15) is 6.04 Å². The standard InChI is InChI=1S/C20H24N2O3S/c23-19(11-5-10-18-21-14-7-2-4-9-17(14)26-18)22-15-8-3-1-6-13(15)12-16(22)20(24)25/h2,4,7,9,13,15-16H,1,3,5-6,8,10-12H2,(H,24,25). The van der Waals surface area contributed by atoms with Crippen molar-refractivity contribution >= 4 is 33.4 Å². The summed E-state index contributed by atoms with van der Waals surface area (Å²) >= 11 is 1.67. The molecule has 1 N–H and O–H groups in total. The minimum Gasteiger partial charge on any atom is -0.480 e. The van der Waals surface area contributed by atoms with E-state index in [0.717, 1.165) is 49.0 Å². The molecule has 1 saturated heterocycles.